The second-order valence-corrected chi connectivity index (χ2v) is 6.28. The fourth-order valence-electron chi connectivity index (χ4n) is 4.27. The van der Waals surface area contributed by atoms with Gasteiger partial charge in [0, 0.05) is 24.0 Å². The molecule has 2 bridgehead atoms. The van der Waals surface area contributed by atoms with E-state index in [4.69, 9.17) is 0 Å². The lowest BCUT2D eigenvalue weighted by Gasteiger charge is -2.27. The zero-order chi connectivity index (χ0) is 11.9. The minimum atomic E-state index is 0.619. The molecular formula is C14H22N4. The van der Waals surface area contributed by atoms with Gasteiger partial charge in [-0.2, -0.15) is 0 Å². The van der Waals surface area contributed by atoms with Crippen molar-refractivity contribution in [3.63, 3.8) is 0 Å². The number of nitrogens with one attached hydrogen (secondary N) is 1. The van der Waals surface area contributed by atoms with Crippen LogP contribution in [0.2, 0.25) is 0 Å². The first kappa shape index (κ1) is 11.0. The van der Waals surface area contributed by atoms with Gasteiger partial charge in [-0.05, 0) is 32.1 Å². The number of fused-ring (bicyclic) bond motifs is 2. The molecule has 0 aromatic carbocycles. The van der Waals surface area contributed by atoms with Crippen LogP contribution in [0, 0.1) is 0 Å². The highest BCUT2D eigenvalue weighted by Crippen LogP contribution is 2.40. The van der Waals surface area contributed by atoms with Crippen molar-refractivity contribution in [2.24, 2.45) is 0 Å². The summed E-state index contributed by atoms with van der Waals surface area (Å²) in [7, 11) is 0. The van der Waals surface area contributed by atoms with E-state index in [9.17, 15) is 0 Å². The highest BCUT2D eigenvalue weighted by atomic mass is 15.3. The van der Waals surface area contributed by atoms with Crippen LogP contribution in [-0.2, 0) is 0 Å². The summed E-state index contributed by atoms with van der Waals surface area (Å²) in [6.07, 6.45) is 12.7. The fourth-order valence-corrected chi connectivity index (χ4v) is 4.27. The molecule has 2 saturated heterocycles. The molecule has 1 N–H and O–H groups in total. The normalized spacial score (nSPS) is 36.3. The summed E-state index contributed by atoms with van der Waals surface area (Å²) in [5, 5.41) is 12.4. The Labute approximate surface area is 108 Å². The fraction of sp³-hybridized carbons (Fsp3) is 0.857. The quantitative estimate of drug-likeness (QED) is 0.871. The van der Waals surface area contributed by atoms with Crippen LogP contribution < -0.4 is 5.32 Å². The third-order valence-electron chi connectivity index (χ3n) is 5.20. The van der Waals surface area contributed by atoms with E-state index >= 15 is 0 Å². The number of nitrogens with zero attached hydrogens (tertiary/aromatic N) is 3. The van der Waals surface area contributed by atoms with Crippen LogP contribution in [0.3, 0.4) is 0 Å². The Hall–Kier alpha value is -0.900. The molecule has 0 radical (unpaired) electrons. The predicted octanol–water partition coefficient (Wildman–Crippen LogP) is 2.39. The molecule has 1 saturated carbocycles. The van der Waals surface area contributed by atoms with Gasteiger partial charge < -0.3 is 9.88 Å². The largest absolute Gasteiger partial charge is 0.314 e. The SMILES string of the molecule is c1nnc(C2CC3CCC2N3)n1C1CCCCC1. The Morgan fingerprint density at radius 3 is 2.72 bits per heavy atom. The lowest BCUT2D eigenvalue weighted by atomic mass is 9.87. The van der Waals surface area contributed by atoms with Gasteiger partial charge >= 0.3 is 0 Å². The van der Waals surface area contributed by atoms with Crippen molar-refractivity contribution in [2.45, 2.75) is 75.4 Å². The van der Waals surface area contributed by atoms with Gasteiger partial charge in [-0.15, -0.1) is 10.2 Å². The lowest BCUT2D eigenvalue weighted by molar-refractivity contribution is 0.333. The Morgan fingerprint density at radius 2 is 2.00 bits per heavy atom. The first-order valence-corrected chi connectivity index (χ1v) is 7.57. The van der Waals surface area contributed by atoms with Gasteiger partial charge in [-0.3, -0.25) is 0 Å². The molecule has 1 aliphatic carbocycles. The Morgan fingerprint density at radius 1 is 1.11 bits per heavy atom. The maximum Gasteiger partial charge on any atom is 0.137 e. The van der Waals surface area contributed by atoms with Crippen LogP contribution in [0.15, 0.2) is 6.33 Å². The van der Waals surface area contributed by atoms with Gasteiger partial charge in [0.1, 0.15) is 12.2 Å². The molecule has 3 aliphatic rings. The average molecular weight is 246 g/mol. The van der Waals surface area contributed by atoms with Crippen molar-refractivity contribution >= 4 is 0 Å². The standard InChI is InChI=1S/C14H22N4/c1-2-4-11(5-3-1)18-9-15-17-14(18)12-8-10-6-7-13(12)16-10/h9-13,16H,1-8H2. The first-order valence-electron chi connectivity index (χ1n) is 7.57. The Balaban J connectivity index is 1.59. The Bertz CT molecular complexity index is 421. The molecule has 0 spiro atoms. The van der Waals surface area contributed by atoms with Crippen molar-refractivity contribution in [2.75, 3.05) is 0 Å². The monoisotopic (exact) mass is 246 g/mol. The molecule has 3 unspecified atom stereocenters. The highest BCUT2D eigenvalue weighted by molar-refractivity contribution is 5.12. The van der Waals surface area contributed by atoms with Crippen molar-refractivity contribution < 1.29 is 0 Å². The molecule has 3 fully saturated rings. The molecule has 18 heavy (non-hydrogen) atoms. The van der Waals surface area contributed by atoms with Gasteiger partial charge in [-0.25, -0.2) is 0 Å². The molecule has 1 aromatic rings. The molecule has 2 aliphatic heterocycles. The number of rotatable bonds is 2. The van der Waals surface area contributed by atoms with E-state index in [2.05, 4.69) is 20.1 Å². The number of hydrogen-bond donors (Lipinski definition) is 1. The van der Waals surface area contributed by atoms with E-state index < -0.39 is 0 Å². The Kier molecular flexibility index (Phi) is 2.64. The predicted molar refractivity (Wildman–Crippen MR) is 69.4 cm³/mol. The molecule has 3 atom stereocenters. The van der Waals surface area contributed by atoms with E-state index in [-0.39, 0.29) is 0 Å². The minimum absolute atomic E-state index is 0.619. The van der Waals surface area contributed by atoms with Crippen LogP contribution in [0.4, 0.5) is 0 Å². The van der Waals surface area contributed by atoms with Crippen molar-refractivity contribution in [1.29, 1.82) is 0 Å². The van der Waals surface area contributed by atoms with Gasteiger partial charge in [-0.1, -0.05) is 19.3 Å². The van der Waals surface area contributed by atoms with E-state index in [1.54, 1.807) is 0 Å². The molecule has 3 heterocycles. The van der Waals surface area contributed by atoms with E-state index in [1.807, 2.05) is 6.33 Å². The summed E-state index contributed by atoms with van der Waals surface area (Å²) in [6, 6.07) is 2.08. The van der Waals surface area contributed by atoms with Crippen LogP contribution in [0.5, 0.6) is 0 Å². The lowest BCUT2D eigenvalue weighted by Crippen LogP contribution is -2.25. The van der Waals surface area contributed by atoms with E-state index in [0.29, 0.717) is 18.0 Å². The zero-order valence-corrected chi connectivity index (χ0v) is 10.9. The zero-order valence-electron chi connectivity index (χ0n) is 10.9. The summed E-state index contributed by atoms with van der Waals surface area (Å²) >= 11 is 0. The van der Waals surface area contributed by atoms with Crippen molar-refractivity contribution in [3.8, 4) is 0 Å². The van der Waals surface area contributed by atoms with Crippen LogP contribution in [-0.4, -0.2) is 26.8 Å². The number of aromatic nitrogens is 3. The molecule has 98 valence electrons. The summed E-state index contributed by atoms with van der Waals surface area (Å²) in [6.45, 7) is 0. The van der Waals surface area contributed by atoms with Crippen molar-refractivity contribution in [1.82, 2.24) is 20.1 Å². The summed E-state index contributed by atoms with van der Waals surface area (Å²) in [4.78, 5) is 0. The van der Waals surface area contributed by atoms with Crippen LogP contribution >= 0.6 is 0 Å². The number of hydrogen-bond acceptors (Lipinski definition) is 3. The second kappa shape index (κ2) is 4.34. The average Bonchev–Trinajstić information content (AvgIpc) is 3.15. The van der Waals surface area contributed by atoms with Gasteiger partial charge in [0.15, 0.2) is 0 Å². The van der Waals surface area contributed by atoms with E-state index in [0.717, 1.165) is 6.04 Å². The van der Waals surface area contributed by atoms with Gasteiger partial charge in [0.05, 0.1) is 0 Å². The summed E-state index contributed by atoms with van der Waals surface area (Å²) < 4.78 is 2.41. The molecular weight excluding hydrogens is 224 g/mol. The molecule has 0 amide bonds. The molecule has 4 rings (SSSR count). The summed E-state index contributed by atoms with van der Waals surface area (Å²) in [5.74, 6) is 1.88. The minimum Gasteiger partial charge on any atom is -0.314 e. The topological polar surface area (TPSA) is 42.7 Å². The third-order valence-corrected chi connectivity index (χ3v) is 5.20. The van der Waals surface area contributed by atoms with Crippen LogP contribution in [0.1, 0.15) is 69.2 Å². The van der Waals surface area contributed by atoms with Gasteiger partial charge in [0.25, 0.3) is 0 Å². The molecule has 1 aromatic heterocycles. The summed E-state index contributed by atoms with van der Waals surface area (Å²) in [5.41, 5.74) is 0. The third kappa shape index (κ3) is 1.69. The smallest absolute Gasteiger partial charge is 0.137 e. The van der Waals surface area contributed by atoms with Gasteiger partial charge in [0.2, 0.25) is 0 Å². The highest BCUT2D eigenvalue weighted by Gasteiger charge is 2.42. The van der Waals surface area contributed by atoms with Crippen molar-refractivity contribution in [3.05, 3.63) is 12.2 Å². The maximum absolute atomic E-state index is 4.47. The van der Waals surface area contributed by atoms with Crippen LogP contribution in [0.25, 0.3) is 0 Å². The second-order valence-electron chi connectivity index (χ2n) is 6.28. The first-order chi connectivity index (χ1) is 8.92. The maximum atomic E-state index is 4.47. The molecule has 4 heteroatoms. The molecule has 4 nitrogen and oxygen atoms in total. The van der Waals surface area contributed by atoms with E-state index in [1.165, 1.54) is 57.2 Å².